The summed E-state index contributed by atoms with van der Waals surface area (Å²) in [6.45, 7) is 19.1. The minimum Gasteiger partial charge on any atom is -0.493 e. The quantitative estimate of drug-likeness (QED) is 0.0141. The Kier molecular flexibility index (Phi) is 43.1. The molecule has 60 heavy (non-hydrogen) atoms. The van der Waals surface area contributed by atoms with Gasteiger partial charge < -0.3 is 29.2 Å². The standard InChI is InChI=1S/C21H20N2O9.C10H20O.C8H18.C7H14.C2H6/c1-29-19-10-15(6-8-18(19)32-21(26)11-22-14-24)7-9-20(25)30-12-16-2-4-17(5-3-16)13-31-23(27)28;1-4-9(3)10(5-2)7-6-8-11;1-3-5-7-8-6-4-2;1-3-5-7-6-4-2;1-2/h2-10,14H,11-13H2,1H3,(H,22,24);8-10H,4-7H2,1-3H3;3-8H2,1-2H3;3,5H,4,6-7H2,1-2H3;1-2H3/b9-7+;;;5-3-;. The molecule has 0 saturated heterocycles. The highest BCUT2D eigenvalue weighted by atomic mass is 16.9. The second kappa shape index (κ2) is 43.6. The van der Waals surface area contributed by atoms with Gasteiger partial charge in [-0.25, -0.2) is 9.59 Å². The van der Waals surface area contributed by atoms with Gasteiger partial charge in [-0.1, -0.05) is 162 Å². The van der Waals surface area contributed by atoms with Gasteiger partial charge in [0.15, 0.2) is 11.5 Å². The van der Waals surface area contributed by atoms with E-state index in [4.69, 9.17) is 14.2 Å². The van der Waals surface area contributed by atoms with E-state index in [0.717, 1.165) is 31.0 Å². The van der Waals surface area contributed by atoms with Crippen molar-refractivity contribution in [2.24, 2.45) is 11.8 Å². The van der Waals surface area contributed by atoms with E-state index in [0.29, 0.717) is 23.1 Å². The van der Waals surface area contributed by atoms with E-state index in [1.807, 2.05) is 13.8 Å². The van der Waals surface area contributed by atoms with E-state index in [-0.39, 0.29) is 31.3 Å². The van der Waals surface area contributed by atoms with Gasteiger partial charge in [-0.05, 0) is 66.5 Å². The van der Waals surface area contributed by atoms with Crippen molar-refractivity contribution in [3.8, 4) is 11.5 Å². The summed E-state index contributed by atoms with van der Waals surface area (Å²) in [5.41, 5.74) is 1.91. The molecule has 0 aliphatic rings. The van der Waals surface area contributed by atoms with Crippen LogP contribution in [0.2, 0.25) is 0 Å². The van der Waals surface area contributed by atoms with Gasteiger partial charge in [0, 0.05) is 12.5 Å². The normalized spacial score (nSPS) is 11.0. The number of rotatable bonds is 26. The zero-order valence-electron chi connectivity index (χ0n) is 38.5. The summed E-state index contributed by atoms with van der Waals surface area (Å²) in [7, 11) is 1.40. The summed E-state index contributed by atoms with van der Waals surface area (Å²) >= 11 is 0. The first-order chi connectivity index (χ1) is 29.0. The molecule has 1 amide bonds. The lowest BCUT2D eigenvalue weighted by Crippen LogP contribution is -2.25. The molecule has 1 N–H and O–H groups in total. The highest BCUT2D eigenvalue weighted by molar-refractivity contribution is 5.87. The van der Waals surface area contributed by atoms with Gasteiger partial charge in [0.1, 0.15) is 26.0 Å². The van der Waals surface area contributed by atoms with E-state index < -0.39 is 17.0 Å². The average Bonchev–Trinajstić information content (AvgIpc) is 3.27. The van der Waals surface area contributed by atoms with Gasteiger partial charge in [-0.3, -0.25) is 4.79 Å². The van der Waals surface area contributed by atoms with Crippen molar-refractivity contribution >= 4 is 30.7 Å². The number of aldehydes is 1. The first-order valence-corrected chi connectivity index (χ1v) is 21.8. The Balaban J connectivity index is -0.000000939. The Morgan fingerprint density at radius 2 is 1.42 bits per heavy atom. The molecule has 2 aromatic carbocycles. The van der Waals surface area contributed by atoms with E-state index >= 15 is 0 Å². The van der Waals surface area contributed by atoms with Gasteiger partial charge in [0.25, 0.3) is 5.09 Å². The lowest BCUT2D eigenvalue weighted by Gasteiger charge is -2.19. The molecule has 0 aromatic heterocycles. The average molecular weight is 843 g/mol. The number of hydrogen-bond acceptors (Lipinski definition) is 10. The van der Waals surface area contributed by atoms with Crippen molar-refractivity contribution in [2.45, 2.75) is 159 Å². The number of allylic oxidation sites excluding steroid dienone is 2. The zero-order chi connectivity index (χ0) is 45.8. The van der Waals surface area contributed by atoms with Crippen LogP contribution < -0.4 is 14.8 Å². The zero-order valence-corrected chi connectivity index (χ0v) is 38.5. The number of methoxy groups -OCH3 is 1. The lowest BCUT2D eigenvalue weighted by atomic mass is 9.86. The lowest BCUT2D eigenvalue weighted by molar-refractivity contribution is -0.763. The number of unbranched alkanes of at least 4 members (excludes halogenated alkanes) is 7. The number of nitrogens with zero attached hydrogens (tertiary/aromatic N) is 1. The van der Waals surface area contributed by atoms with Crippen LogP contribution in [-0.2, 0) is 42.0 Å². The second-order valence-electron chi connectivity index (χ2n) is 13.6. The number of nitrogens with one attached hydrogen (secondary N) is 1. The molecule has 0 radical (unpaired) electrons. The third-order valence-electron chi connectivity index (χ3n) is 8.94. The van der Waals surface area contributed by atoms with Crippen molar-refractivity contribution in [1.82, 2.24) is 5.32 Å². The summed E-state index contributed by atoms with van der Waals surface area (Å²) in [5.74, 6) is 0.712. The van der Waals surface area contributed by atoms with Crippen molar-refractivity contribution in [3.05, 3.63) is 87.5 Å². The molecule has 0 fully saturated rings. The highest BCUT2D eigenvalue weighted by Gasteiger charge is 2.13. The highest BCUT2D eigenvalue weighted by Crippen LogP contribution is 2.29. The van der Waals surface area contributed by atoms with Crippen LogP contribution in [0.3, 0.4) is 0 Å². The minimum absolute atomic E-state index is 0.0204. The third-order valence-corrected chi connectivity index (χ3v) is 8.94. The van der Waals surface area contributed by atoms with Crippen molar-refractivity contribution in [2.75, 3.05) is 13.7 Å². The maximum Gasteiger partial charge on any atom is 0.331 e. The molecule has 0 bridgehead atoms. The number of ether oxygens (including phenoxy) is 3. The molecular formula is C48H78N2O10. The van der Waals surface area contributed by atoms with Crippen molar-refractivity contribution in [3.63, 3.8) is 0 Å². The maximum atomic E-state index is 12.0. The van der Waals surface area contributed by atoms with Crippen LogP contribution in [0, 0.1) is 22.0 Å². The molecule has 2 aromatic rings. The smallest absolute Gasteiger partial charge is 0.331 e. The number of esters is 2. The van der Waals surface area contributed by atoms with Crippen LogP contribution in [0.5, 0.6) is 11.5 Å². The fraction of sp³-hybridized carbons (Fsp3) is 0.583. The van der Waals surface area contributed by atoms with Gasteiger partial charge in [0.05, 0.1) is 7.11 Å². The monoisotopic (exact) mass is 843 g/mol. The molecule has 0 aliphatic carbocycles. The fourth-order valence-corrected chi connectivity index (χ4v) is 5.23. The number of carbonyl (C=O) groups excluding carboxylic acids is 4. The number of hydrogen-bond donors (Lipinski definition) is 1. The molecule has 0 spiro atoms. The van der Waals surface area contributed by atoms with Gasteiger partial charge in [-0.2, -0.15) is 0 Å². The third kappa shape index (κ3) is 35.0. The molecule has 0 saturated carbocycles. The van der Waals surface area contributed by atoms with E-state index in [2.05, 4.69) is 70.8 Å². The van der Waals surface area contributed by atoms with Crippen LogP contribution >= 0.6 is 0 Å². The van der Waals surface area contributed by atoms with Gasteiger partial charge in [0.2, 0.25) is 6.41 Å². The Morgan fingerprint density at radius 1 is 0.817 bits per heavy atom. The van der Waals surface area contributed by atoms with E-state index in [1.165, 1.54) is 96.0 Å². The van der Waals surface area contributed by atoms with Crippen LogP contribution in [0.1, 0.15) is 162 Å². The Hall–Kier alpha value is -5.00. The first-order valence-electron chi connectivity index (χ1n) is 21.8. The molecule has 2 atom stereocenters. The van der Waals surface area contributed by atoms with Gasteiger partial charge in [-0.15, -0.1) is 10.1 Å². The van der Waals surface area contributed by atoms with Crippen LogP contribution in [0.15, 0.2) is 60.7 Å². The largest absolute Gasteiger partial charge is 0.493 e. The second-order valence-corrected chi connectivity index (χ2v) is 13.6. The molecule has 0 aliphatic heterocycles. The molecule has 340 valence electrons. The van der Waals surface area contributed by atoms with Gasteiger partial charge >= 0.3 is 11.9 Å². The summed E-state index contributed by atoms with van der Waals surface area (Å²) < 4.78 is 15.4. The van der Waals surface area contributed by atoms with Crippen LogP contribution in [0.25, 0.3) is 6.08 Å². The summed E-state index contributed by atoms with van der Waals surface area (Å²) in [6.07, 6.45) is 25.1. The SMILES string of the molecule is C/C=C\CCCC.CC.CCC(C)C(CC)CCC=O.CCCCCCCC.COc1cc(/C=C/C(=O)OCc2ccc(CO[N+](=O)[O-])cc2)ccc1OC(=O)CNC=O. The minimum atomic E-state index is -0.870. The molecular weight excluding hydrogens is 765 g/mol. The molecule has 12 nitrogen and oxygen atoms in total. The molecule has 2 unspecified atom stereocenters. The summed E-state index contributed by atoms with van der Waals surface area (Å²) in [5, 5.41) is 11.5. The maximum absolute atomic E-state index is 12.0. The van der Waals surface area contributed by atoms with Crippen molar-refractivity contribution < 1.29 is 43.3 Å². The topological polar surface area (TPSA) is 160 Å². The number of carbonyl (C=O) groups is 4. The summed E-state index contributed by atoms with van der Waals surface area (Å²) in [4.78, 5) is 58.4. The van der Waals surface area contributed by atoms with Crippen molar-refractivity contribution in [1.29, 1.82) is 0 Å². The molecule has 2 rings (SSSR count). The Labute approximate surface area is 362 Å². The van der Waals surface area contributed by atoms with E-state index in [9.17, 15) is 29.3 Å². The number of benzene rings is 2. The predicted octanol–water partition coefficient (Wildman–Crippen LogP) is 12.0. The van der Waals surface area contributed by atoms with Crippen LogP contribution in [0.4, 0.5) is 0 Å². The molecule has 0 heterocycles. The number of amides is 1. The first kappa shape index (κ1) is 59.3. The van der Waals surface area contributed by atoms with Crippen LogP contribution in [-0.4, -0.2) is 43.4 Å². The predicted molar refractivity (Wildman–Crippen MR) is 243 cm³/mol. The summed E-state index contributed by atoms with van der Waals surface area (Å²) in [6, 6.07) is 11.3. The Morgan fingerprint density at radius 3 is 1.90 bits per heavy atom. The van der Waals surface area contributed by atoms with E-state index in [1.54, 1.807) is 36.4 Å². The Bertz CT molecular complexity index is 1420. The molecule has 12 heteroatoms. The fourth-order valence-electron chi connectivity index (χ4n) is 5.23.